The Morgan fingerprint density at radius 2 is 1.85 bits per heavy atom. The number of nitriles is 1. The Morgan fingerprint density at radius 1 is 1.15 bits per heavy atom. The van der Waals surface area contributed by atoms with Crippen LogP contribution < -0.4 is 4.74 Å². The summed E-state index contributed by atoms with van der Waals surface area (Å²) < 4.78 is 5.88. The molecule has 0 saturated carbocycles. The van der Waals surface area contributed by atoms with Gasteiger partial charge in [-0.3, -0.25) is 4.79 Å². The van der Waals surface area contributed by atoms with E-state index in [1.807, 2.05) is 52.0 Å². The smallest absolute Gasteiger partial charge is 0.323 e. The van der Waals surface area contributed by atoms with E-state index in [-0.39, 0.29) is 17.6 Å². The van der Waals surface area contributed by atoms with Crippen molar-refractivity contribution in [1.82, 2.24) is 9.97 Å². The molecule has 0 unspecified atom stereocenters. The summed E-state index contributed by atoms with van der Waals surface area (Å²) in [6.45, 7) is 7.70. The number of aliphatic imine (C=N–C) groups is 1. The van der Waals surface area contributed by atoms with Crippen LogP contribution in [0.1, 0.15) is 36.4 Å². The summed E-state index contributed by atoms with van der Waals surface area (Å²) in [4.78, 5) is 24.4. The van der Waals surface area contributed by atoms with Gasteiger partial charge in [0.25, 0.3) is 5.91 Å². The summed E-state index contributed by atoms with van der Waals surface area (Å²) in [5.41, 5.74) is 2.41. The first-order valence-corrected chi connectivity index (χ1v) is 8.16. The molecule has 0 spiro atoms. The van der Waals surface area contributed by atoms with E-state index in [0.29, 0.717) is 17.2 Å². The van der Waals surface area contributed by atoms with Gasteiger partial charge in [0, 0.05) is 17.6 Å². The first-order chi connectivity index (χ1) is 12.3. The summed E-state index contributed by atoms with van der Waals surface area (Å²) in [5, 5.41) is 9.33. The fourth-order valence-corrected chi connectivity index (χ4v) is 2.74. The van der Waals surface area contributed by atoms with Crippen molar-refractivity contribution in [2.24, 2.45) is 10.4 Å². The van der Waals surface area contributed by atoms with Crippen molar-refractivity contribution in [1.29, 1.82) is 5.26 Å². The minimum atomic E-state index is -0.495. The number of hydrogen-bond donors (Lipinski definition) is 0. The zero-order valence-electron chi connectivity index (χ0n) is 15.1. The van der Waals surface area contributed by atoms with Crippen molar-refractivity contribution in [2.75, 3.05) is 0 Å². The molecule has 1 aromatic carbocycles. The first-order valence-electron chi connectivity index (χ1n) is 8.16. The van der Waals surface area contributed by atoms with Gasteiger partial charge in [-0.05, 0) is 25.0 Å². The molecule has 2 aromatic rings. The summed E-state index contributed by atoms with van der Waals surface area (Å²) in [6.07, 6.45) is 3.21. The van der Waals surface area contributed by atoms with Gasteiger partial charge in [0.15, 0.2) is 0 Å². The van der Waals surface area contributed by atoms with Gasteiger partial charge in [-0.2, -0.15) is 15.2 Å². The van der Waals surface area contributed by atoms with E-state index >= 15 is 0 Å². The zero-order chi connectivity index (χ0) is 18.9. The summed E-state index contributed by atoms with van der Waals surface area (Å²) >= 11 is 0. The Hall–Kier alpha value is -3.33. The second kappa shape index (κ2) is 6.52. The number of amides is 1. The van der Waals surface area contributed by atoms with Crippen molar-refractivity contribution < 1.29 is 9.53 Å². The van der Waals surface area contributed by atoms with Gasteiger partial charge in [0.1, 0.15) is 17.5 Å². The van der Waals surface area contributed by atoms with Gasteiger partial charge in [0.05, 0.1) is 11.4 Å². The van der Waals surface area contributed by atoms with E-state index in [2.05, 4.69) is 15.0 Å². The van der Waals surface area contributed by atoms with E-state index in [0.717, 1.165) is 11.1 Å². The average Bonchev–Trinajstić information content (AvgIpc) is 2.60. The number of carbonyl (C=O) groups excluding carboxylic acids is 1. The van der Waals surface area contributed by atoms with Crippen LogP contribution in [0, 0.1) is 30.6 Å². The van der Waals surface area contributed by atoms with Crippen LogP contribution in [0.5, 0.6) is 11.8 Å². The molecule has 2 heterocycles. The Morgan fingerprint density at radius 3 is 2.50 bits per heavy atom. The molecule has 1 aromatic heterocycles. The predicted molar refractivity (Wildman–Crippen MR) is 97.2 cm³/mol. The zero-order valence-corrected chi connectivity index (χ0v) is 15.1. The number of allylic oxidation sites excluding steroid dienone is 1. The van der Waals surface area contributed by atoms with Crippen molar-refractivity contribution >= 4 is 11.6 Å². The fraction of sp³-hybridized carbons (Fsp3) is 0.250. The molecule has 0 radical (unpaired) electrons. The maximum atomic E-state index is 11.7. The number of hydrogen-bond acceptors (Lipinski definition) is 5. The van der Waals surface area contributed by atoms with Crippen molar-refractivity contribution in [2.45, 2.75) is 27.7 Å². The largest absolute Gasteiger partial charge is 0.424 e. The van der Waals surface area contributed by atoms with Crippen molar-refractivity contribution in [3.8, 4) is 17.8 Å². The van der Waals surface area contributed by atoms with Crippen molar-refractivity contribution in [3.05, 3.63) is 58.9 Å². The van der Waals surface area contributed by atoms with E-state index < -0.39 is 5.41 Å². The van der Waals surface area contributed by atoms with Gasteiger partial charge in [-0.25, -0.2) is 4.99 Å². The maximum absolute atomic E-state index is 11.7. The van der Waals surface area contributed by atoms with Gasteiger partial charge in [0.2, 0.25) is 0 Å². The molecule has 1 amide bonds. The molecule has 1 aliphatic rings. The Labute approximate surface area is 151 Å². The predicted octanol–water partition coefficient (Wildman–Crippen LogP) is 3.67. The highest BCUT2D eigenvalue weighted by atomic mass is 16.5. The van der Waals surface area contributed by atoms with Crippen LogP contribution in [0.15, 0.2) is 41.4 Å². The van der Waals surface area contributed by atoms with Crippen LogP contribution in [0.3, 0.4) is 0 Å². The van der Waals surface area contributed by atoms with Gasteiger partial charge >= 0.3 is 6.01 Å². The molecule has 0 bridgehead atoms. The molecule has 0 atom stereocenters. The van der Waals surface area contributed by atoms with Crippen LogP contribution in [-0.4, -0.2) is 21.6 Å². The minimum absolute atomic E-state index is 0.0527. The third-order valence-electron chi connectivity index (χ3n) is 4.14. The topological polar surface area (TPSA) is 88.2 Å². The van der Waals surface area contributed by atoms with Crippen LogP contribution in [0.25, 0.3) is 0 Å². The molecule has 130 valence electrons. The monoisotopic (exact) mass is 346 g/mol. The lowest BCUT2D eigenvalue weighted by Crippen LogP contribution is -2.28. The molecule has 26 heavy (non-hydrogen) atoms. The highest BCUT2D eigenvalue weighted by Crippen LogP contribution is 2.30. The minimum Gasteiger partial charge on any atom is -0.424 e. The molecular weight excluding hydrogens is 328 g/mol. The van der Waals surface area contributed by atoms with Crippen molar-refractivity contribution in [3.63, 3.8) is 0 Å². The highest BCUT2D eigenvalue weighted by Gasteiger charge is 2.29. The van der Waals surface area contributed by atoms with E-state index in [1.54, 1.807) is 6.08 Å². The lowest BCUT2D eigenvalue weighted by atomic mass is 9.83. The summed E-state index contributed by atoms with van der Waals surface area (Å²) in [6, 6.07) is 9.37. The second-order valence-electron chi connectivity index (χ2n) is 6.71. The standard InChI is InChI=1S/C20H18N4O2/c1-12-6-5-7-13(2)17(12)26-19-22-14(11-21)10-15(23-19)18-20(3,4)9-8-16(25)24-18/h5-10H,1-4H3. The average molecular weight is 346 g/mol. The second-order valence-corrected chi connectivity index (χ2v) is 6.71. The number of nitrogens with zero attached hydrogens (tertiary/aromatic N) is 4. The summed E-state index contributed by atoms with van der Waals surface area (Å²) in [7, 11) is 0. The van der Waals surface area contributed by atoms with Gasteiger partial charge in [-0.1, -0.05) is 38.1 Å². The molecule has 0 N–H and O–H groups in total. The van der Waals surface area contributed by atoms with E-state index in [4.69, 9.17) is 4.74 Å². The molecule has 1 aliphatic heterocycles. The Kier molecular flexibility index (Phi) is 4.39. The maximum Gasteiger partial charge on any atom is 0.323 e. The van der Waals surface area contributed by atoms with Gasteiger partial charge in [-0.15, -0.1) is 0 Å². The fourth-order valence-electron chi connectivity index (χ4n) is 2.74. The molecule has 0 fully saturated rings. The number of benzene rings is 1. The molecular formula is C20H18N4O2. The number of ether oxygens (including phenoxy) is 1. The Balaban J connectivity index is 2.09. The number of aromatic nitrogens is 2. The van der Waals surface area contributed by atoms with Gasteiger partial charge < -0.3 is 4.74 Å². The SMILES string of the molecule is Cc1cccc(C)c1Oc1nc(C#N)cc(C2=NC(=O)C=CC2(C)C)n1. The van der Waals surface area contributed by atoms with E-state index in [9.17, 15) is 10.1 Å². The highest BCUT2D eigenvalue weighted by molar-refractivity contribution is 6.13. The number of dihydropyridines is 1. The Bertz CT molecular complexity index is 977. The molecule has 0 aliphatic carbocycles. The first kappa shape index (κ1) is 17.5. The number of aryl methyl sites for hydroxylation is 2. The van der Waals surface area contributed by atoms with Crippen LogP contribution in [0.2, 0.25) is 0 Å². The molecule has 6 heteroatoms. The third-order valence-corrected chi connectivity index (χ3v) is 4.14. The van der Waals surface area contributed by atoms with Crippen LogP contribution in [-0.2, 0) is 4.79 Å². The summed E-state index contributed by atoms with van der Waals surface area (Å²) in [5.74, 6) is 0.294. The lowest BCUT2D eigenvalue weighted by Gasteiger charge is -2.24. The lowest BCUT2D eigenvalue weighted by molar-refractivity contribution is -0.113. The number of carbonyl (C=O) groups is 1. The molecule has 0 saturated heterocycles. The van der Waals surface area contributed by atoms with Crippen LogP contribution in [0.4, 0.5) is 0 Å². The van der Waals surface area contributed by atoms with Crippen LogP contribution >= 0.6 is 0 Å². The molecule has 3 rings (SSSR count). The number of rotatable bonds is 3. The molecule has 6 nitrogen and oxygen atoms in total. The normalized spacial score (nSPS) is 15.3. The third kappa shape index (κ3) is 3.38. The van der Waals surface area contributed by atoms with E-state index in [1.165, 1.54) is 12.1 Å². The number of para-hydroxylation sites is 1. The quantitative estimate of drug-likeness (QED) is 0.846.